The number of carbonyl (C=O) groups is 2. The maximum atomic E-state index is 10.6. The minimum atomic E-state index is -0.924. The average molecular weight is 262 g/mol. The lowest BCUT2D eigenvalue weighted by molar-refractivity contribution is -0.140. The lowest BCUT2D eigenvalue weighted by Crippen LogP contribution is -2.43. The number of aliphatic carboxylic acids is 2. The number of hydrogen-bond donors (Lipinski definition) is 4. The molecule has 0 aliphatic heterocycles. The number of nitrogens with two attached hydrogens (primary N) is 2. The highest BCUT2D eigenvalue weighted by Crippen LogP contribution is 1.92. The number of carboxylic acids is 2. The Bertz CT molecular complexity index is 236. The fourth-order valence-electron chi connectivity index (χ4n) is 1.57. The molecule has 0 aliphatic rings. The highest BCUT2D eigenvalue weighted by Gasteiger charge is 2.13. The van der Waals surface area contributed by atoms with Crippen LogP contribution in [0.15, 0.2) is 0 Å². The van der Waals surface area contributed by atoms with Gasteiger partial charge in [0, 0.05) is 39.3 Å². The summed E-state index contributed by atoms with van der Waals surface area (Å²) in [5.41, 5.74) is 10.8. The maximum Gasteiger partial charge on any atom is 0.317 e. The highest BCUT2D eigenvalue weighted by atomic mass is 16.4. The molecule has 0 radical (unpaired) electrons. The summed E-state index contributed by atoms with van der Waals surface area (Å²) in [7, 11) is 0. The van der Waals surface area contributed by atoms with E-state index >= 15 is 0 Å². The van der Waals surface area contributed by atoms with Crippen molar-refractivity contribution in [2.24, 2.45) is 11.5 Å². The molecule has 0 aromatic heterocycles. The van der Waals surface area contributed by atoms with Crippen LogP contribution in [-0.2, 0) is 9.59 Å². The standard InChI is InChI=1S/C10H22N4O4/c11-1-3-13(7-9(15)16)5-6-14(4-2-12)8-10(17)18/h1-8,11-12H2,(H,15,16)(H,17,18). The Morgan fingerprint density at radius 2 is 1.11 bits per heavy atom. The lowest BCUT2D eigenvalue weighted by atomic mass is 10.4. The number of carboxylic acid groups (broad SMARTS) is 2. The van der Waals surface area contributed by atoms with Gasteiger partial charge < -0.3 is 21.7 Å². The van der Waals surface area contributed by atoms with E-state index in [0.717, 1.165) is 0 Å². The second-order valence-corrected chi connectivity index (χ2v) is 3.92. The van der Waals surface area contributed by atoms with Crippen molar-refractivity contribution in [2.45, 2.75) is 0 Å². The Hall–Kier alpha value is -1.22. The number of hydrogen-bond acceptors (Lipinski definition) is 6. The van der Waals surface area contributed by atoms with E-state index in [1.165, 1.54) is 0 Å². The first kappa shape index (κ1) is 16.8. The molecule has 106 valence electrons. The van der Waals surface area contributed by atoms with Crippen molar-refractivity contribution >= 4 is 11.9 Å². The first-order valence-electron chi connectivity index (χ1n) is 5.78. The van der Waals surface area contributed by atoms with Gasteiger partial charge in [0.05, 0.1) is 13.1 Å². The van der Waals surface area contributed by atoms with Gasteiger partial charge in [-0.15, -0.1) is 0 Å². The van der Waals surface area contributed by atoms with Gasteiger partial charge in [-0.2, -0.15) is 0 Å². The van der Waals surface area contributed by atoms with Crippen LogP contribution in [-0.4, -0.2) is 84.3 Å². The van der Waals surface area contributed by atoms with E-state index in [1.54, 1.807) is 9.80 Å². The molecule has 0 atom stereocenters. The van der Waals surface area contributed by atoms with E-state index < -0.39 is 11.9 Å². The molecule has 8 heteroatoms. The fourth-order valence-corrected chi connectivity index (χ4v) is 1.57. The van der Waals surface area contributed by atoms with Gasteiger partial charge in [-0.25, -0.2) is 0 Å². The molecule has 0 fully saturated rings. The zero-order valence-corrected chi connectivity index (χ0v) is 10.4. The second kappa shape index (κ2) is 9.77. The molecule has 0 aromatic rings. The van der Waals surface area contributed by atoms with E-state index in [9.17, 15) is 9.59 Å². The van der Waals surface area contributed by atoms with Crippen LogP contribution in [0.4, 0.5) is 0 Å². The average Bonchev–Trinajstić information content (AvgIpc) is 2.24. The number of rotatable bonds is 11. The molecule has 0 bridgehead atoms. The van der Waals surface area contributed by atoms with Crippen molar-refractivity contribution in [1.82, 2.24) is 9.80 Å². The van der Waals surface area contributed by atoms with Gasteiger partial charge >= 0.3 is 11.9 Å². The SMILES string of the molecule is NCCN(CCN(CCN)CC(=O)O)CC(=O)O. The predicted octanol–water partition coefficient (Wildman–Crippen LogP) is -2.32. The molecule has 0 saturated carbocycles. The monoisotopic (exact) mass is 262 g/mol. The Kier molecular flexibility index (Phi) is 9.11. The van der Waals surface area contributed by atoms with Crippen molar-refractivity contribution in [3.8, 4) is 0 Å². The highest BCUT2D eigenvalue weighted by molar-refractivity contribution is 5.69. The third-order valence-corrected chi connectivity index (χ3v) is 2.34. The number of nitrogens with zero attached hydrogens (tertiary/aromatic N) is 2. The normalized spacial score (nSPS) is 11.1. The van der Waals surface area contributed by atoms with Crippen molar-refractivity contribution in [1.29, 1.82) is 0 Å². The van der Waals surface area contributed by atoms with Crippen LogP contribution in [0.5, 0.6) is 0 Å². The van der Waals surface area contributed by atoms with Crippen molar-refractivity contribution in [2.75, 3.05) is 52.4 Å². The Labute approximate surface area is 106 Å². The summed E-state index contributed by atoms with van der Waals surface area (Å²) in [6.45, 7) is 2.38. The molecule has 0 saturated heterocycles. The first-order chi connectivity index (χ1) is 8.49. The van der Waals surface area contributed by atoms with Crippen molar-refractivity contribution in [3.05, 3.63) is 0 Å². The molecule has 0 unspecified atom stereocenters. The van der Waals surface area contributed by atoms with Crippen LogP contribution in [0.2, 0.25) is 0 Å². The van der Waals surface area contributed by atoms with Crippen LogP contribution in [0.25, 0.3) is 0 Å². The Morgan fingerprint density at radius 1 is 0.778 bits per heavy atom. The smallest absolute Gasteiger partial charge is 0.317 e. The molecule has 0 aliphatic carbocycles. The topological polar surface area (TPSA) is 133 Å². The summed E-state index contributed by atoms with van der Waals surface area (Å²) >= 11 is 0. The molecule has 0 amide bonds. The van der Waals surface area contributed by atoms with Gasteiger partial charge in [0.15, 0.2) is 0 Å². The van der Waals surface area contributed by atoms with Crippen molar-refractivity contribution < 1.29 is 19.8 Å². The van der Waals surface area contributed by atoms with Crippen LogP contribution >= 0.6 is 0 Å². The molecule has 0 rings (SSSR count). The molecule has 0 aromatic carbocycles. The second-order valence-electron chi connectivity index (χ2n) is 3.92. The van der Waals surface area contributed by atoms with E-state index in [-0.39, 0.29) is 13.1 Å². The van der Waals surface area contributed by atoms with Crippen LogP contribution in [0.3, 0.4) is 0 Å². The summed E-state index contributed by atoms with van der Waals surface area (Å²) in [4.78, 5) is 24.6. The van der Waals surface area contributed by atoms with Gasteiger partial charge in [0.1, 0.15) is 0 Å². The minimum Gasteiger partial charge on any atom is -0.480 e. The van der Waals surface area contributed by atoms with Crippen LogP contribution < -0.4 is 11.5 Å². The molecule has 0 spiro atoms. The third-order valence-electron chi connectivity index (χ3n) is 2.34. The fraction of sp³-hybridized carbons (Fsp3) is 0.800. The summed E-state index contributed by atoms with van der Waals surface area (Å²) in [5.74, 6) is -1.85. The van der Waals surface area contributed by atoms with Gasteiger partial charge in [-0.1, -0.05) is 0 Å². The maximum absolute atomic E-state index is 10.6. The van der Waals surface area contributed by atoms with Gasteiger partial charge in [0.25, 0.3) is 0 Å². The van der Waals surface area contributed by atoms with E-state index in [1.807, 2.05) is 0 Å². The zero-order valence-electron chi connectivity index (χ0n) is 10.4. The minimum absolute atomic E-state index is 0.0965. The molecule has 0 heterocycles. The summed E-state index contributed by atoms with van der Waals surface area (Å²) in [6.07, 6.45) is 0. The summed E-state index contributed by atoms with van der Waals surface area (Å²) in [5, 5.41) is 17.4. The van der Waals surface area contributed by atoms with Gasteiger partial charge in [-0.3, -0.25) is 19.4 Å². The molecule has 8 nitrogen and oxygen atoms in total. The van der Waals surface area contributed by atoms with E-state index in [2.05, 4.69) is 0 Å². The van der Waals surface area contributed by atoms with E-state index in [4.69, 9.17) is 21.7 Å². The predicted molar refractivity (Wildman–Crippen MR) is 66.3 cm³/mol. The van der Waals surface area contributed by atoms with Gasteiger partial charge in [0.2, 0.25) is 0 Å². The largest absolute Gasteiger partial charge is 0.480 e. The quantitative estimate of drug-likeness (QED) is 0.326. The van der Waals surface area contributed by atoms with Crippen LogP contribution in [0, 0.1) is 0 Å². The summed E-state index contributed by atoms with van der Waals surface area (Å²) < 4.78 is 0. The van der Waals surface area contributed by atoms with Crippen molar-refractivity contribution in [3.63, 3.8) is 0 Å². The Morgan fingerprint density at radius 3 is 1.33 bits per heavy atom. The first-order valence-corrected chi connectivity index (χ1v) is 5.78. The zero-order chi connectivity index (χ0) is 14.0. The summed E-state index contributed by atoms with van der Waals surface area (Å²) in [6, 6.07) is 0. The Balaban J connectivity index is 4.16. The molecular formula is C10H22N4O4. The third kappa shape index (κ3) is 8.88. The molecule has 6 N–H and O–H groups in total. The van der Waals surface area contributed by atoms with Gasteiger partial charge in [-0.05, 0) is 0 Å². The molecule has 18 heavy (non-hydrogen) atoms. The van der Waals surface area contributed by atoms with E-state index in [0.29, 0.717) is 39.3 Å². The lowest BCUT2D eigenvalue weighted by Gasteiger charge is -2.24. The van der Waals surface area contributed by atoms with Crippen LogP contribution in [0.1, 0.15) is 0 Å². The molecular weight excluding hydrogens is 240 g/mol.